The van der Waals surface area contributed by atoms with E-state index in [1.54, 1.807) is 36.4 Å². The van der Waals surface area contributed by atoms with Crippen LogP contribution < -0.4 is 15.0 Å². The SMILES string of the molecule is COc1ccccc1N1C(=O)/C(=C\c2ccc(-c3ccc(Cl)c([N+](=O)[O-])c3)o2)C(=O)NC1=S. The maximum Gasteiger partial charge on any atom is 0.288 e. The number of thiocarbonyl (C=S) groups is 1. The van der Waals surface area contributed by atoms with Crippen molar-refractivity contribution in [3.05, 3.63) is 81.1 Å². The molecule has 2 aromatic carbocycles. The number of nitro groups is 1. The van der Waals surface area contributed by atoms with Crippen molar-refractivity contribution in [1.82, 2.24) is 5.32 Å². The summed E-state index contributed by atoms with van der Waals surface area (Å²) in [6.45, 7) is 0. The highest BCUT2D eigenvalue weighted by atomic mass is 35.5. The summed E-state index contributed by atoms with van der Waals surface area (Å²) in [5.74, 6) is -0.464. The summed E-state index contributed by atoms with van der Waals surface area (Å²) in [5.41, 5.74) is 0.298. The third-order valence-corrected chi connectivity index (χ3v) is 5.37. The molecule has 1 aromatic heterocycles. The van der Waals surface area contributed by atoms with Gasteiger partial charge in [-0.2, -0.15) is 0 Å². The molecule has 0 unspecified atom stereocenters. The minimum absolute atomic E-state index is 0.00507. The minimum atomic E-state index is -0.684. The molecule has 1 aliphatic heterocycles. The Hall–Kier alpha value is -4.02. The van der Waals surface area contributed by atoms with Crippen LogP contribution in [0.15, 0.2) is 64.6 Å². The van der Waals surface area contributed by atoms with Crippen molar-refractivity contribution in [3.8, 4) is 17.1 Å². The van der Waals surface area contributed by atoms with Crippen molar-refractivity contribution in [2.75, 3.05) is 12.0 Å². The molecular formula is C22H14ClN3O6S. The number of amides is 2. The van der Waals surface area contributed by atoms with E-state index in [-0.39, 0.29) is 27.2 Å². The fourth-order valence-corrected chi connectivity index (χ4v) is 3.68. The van der Waals surface area contributed by atoms with Crippen LogP contribution in [-0.4, -0.2) is 29.0 Å². The van der Waals surface area contributed by atoms with Crippen LogP contribution in [0.4, 0.5) is 11.4 Å². The van der Waals surface area contributed by atoms with Gasteiger partial charge in [0.05, 0.1) is 17.7 Å². The highest BCUT2D eigenvalue weighted by Gasteiger charge is 2.36. The maximum absolute atomic E-state index is 13.2. The van der Waals surface area contributed by atoms with Gasteiger partial charge in [-0.05, 0) is 54.7 Å². The molecule has 33 heavy (non-hydrogen) atoms. The van der Waals surface area contributed by atoms with E-state index in [1.807, 2.05) is 0 Å². The van der Waals surface area contributed by atoms with Crippen molar-refractivity contribution in [2.45, 2.75) is 0 Å². The predicted molar refractivity (Wildman–Crippen MR) is 125 cm³/mol. The number of rotatable bonds is 5. The van der Waals surface area contributed by atoms with Crippen LogP contribution in [-0.2, 0) is 9.59 Å². The van der Waals surface area contributed by atoms with Gasteiger partial charge < -0.3 is 9.15 Å². The van der Waals surface area contributed by atoms with Gasteiger partial charge in [-0.15, -0.1) is 0 Å². The molecule has 9 nitrogen and oxygen atoms in total. The van der Waals surface area contributed by atoms with E-state index in [9.17, 15) is 19.7 Å². The van der Waals surface area contributed by atoms with Crippen LogP contribution >= 0.6 is 23.8 Å². The Kier molecular flexibility index (Phi) is 5.95. The van der Waals surface area contributed by atoms with Crippen molar-refractivity contribution in [3.63, 3.8) is 0 Å². The number of hydrogen-bond acceptors (Lipinski definition) is 7. The molecule has 4 rings (SSSR count). The van der Waals surface area contributed by atoms with E-state index in [1.165, 1.54) is 31.4 Å². The van der Waals surface area contributed by atoms with Crippen LogP contribution in [0.3, 0.4) is 0 Å². The Morgan fingerprint density at radius 3 is 2.67 bits per heavy atom. The molecule has 0 radical (unpaired) electrons. The highest BCUT2D eigenvalue weighted by molar-refractivity contribution is 7.80. The second-order valence-corrected chi connectivity index (χ2v) is 7.55. The summed E-state index contributed by atoms with van der Waals surface area (Å²) in [6, 6.07) is 14.1. The molecule has 0 saturated carbocycles. The Balaban J connectivity index is 1.69. The molecular weight excluding hydrogens is 470 g/mol. The fraction of sp³-hybridized carbons (Fsp3) is 0.0455. The topological polar surface area (TPSA) is 115 Å². The normalized spacial score (nSPS) is 15.0. The molecule has 11 heteroatoms. The van der Waals surface area contributed by atoms with Crippen molar-refractivity contribution in [1.29, 1.82) is 0 Å². The van der Waals surface area contributed by atoms with Crippen LogP contribution in [0.5, 0.6) is 5.75 Å². The quantitative estimate of drug-likeness (QED) is 0.188. The van der Waals surface area contributed by atoms with Gasteiger partial charge >= 0.3 is 0 Å². The minimum Gasteiger partial charge on any atom is -0.495 e. The van der Waals surface area contributed by atoms with Crippen molar-refractivity contribution in [2.24, 2.45) is 0 Å². The molecule has 1 saturated heterocycles. The van der Waals surface area contributed by atoms with Gasteiger partial charge in [-0.3, -0.25) is 25.0 Å². The van der Waals surface area contributed by atoms with Gasteiger partial charge in [0.2, 0.25) is 0 Å². The molecule has 1 aliphatic rings. The second kappa shape index (κ2) is 8.85. The number of carbonyl (C=O) groups excluding carboxylic acids is 2. The Bertz CT molecular complexity index is 1350. The smallest absolute Gasteiger partial charge is 0.288 e. The number of nitrogens with zero attached hydrogens (tertiary/aromatic N) is 2. The monoisotopic (exact) mass is 483 g/mol. The zero-order valence-electron chi connectivity index (χ0n) is 16.9. The van der Waals surface area contributed by atoms with E-state index in [2.05, 4.69) is 5.32 Å². The summed E-state index contributed by atoms with van der Waals surface area (Å²) >= 11 is 11.1. The molecule has 166 valence electrons. The Labute approximate surface area is 197 Å². The van der Waals surface area contributed by atoms with Crippen LogP contribution in [0.1, 0.15) is 5.76 Å². The molecule has 0 aliphatic carbocycles. The predicted octanol–water partition coefficient (Wildman–Crippen LogP) is 4.35. The van der Waals surface area contributed by atoms with Gasteiger partial charge in [0, 0.05) is 11.6 Å². The lowest BCUT2D eigenvalue weighted by atomic mass is 10.1. The summed E-state index contributed by atoms with van der Waals surface area (Å²) in [4.78, 5) is 37.4. The first kappa shape index (κ1) is 22.2. The molecule has 2 amide bonds. The Morgan fingerprint density at radius 1 is 1.18 bits per heavy atom. The van der Waals surface area contributed by atoms with Gasteiger partial charge in [-0.1, -0.05) is 23.7 Å². The average molecular weight is 484 g/mol. The molecule has 1 fully saturated rings. The maximum atomic E-state index is 13.2. The molecule has 2 heterocycles. The van der Waals surface area contributed by atoms with Crippen LogP contribution in [0.2, 0.25) is 5.02 Å². The summed E-state index contributed by atoms with van der Waals surface area (Å²) in [6.07, 6.45) is 1.27. The van der Waals surface area contributed by atoms with Gasteiger partial charge in [0.15, 0.2) is 5.11 Å². The lowest BCUT2D eigenvalue weighted by Gasteiger charge is -2.29. The Morgan fingerprint density at radius 2 is 1.94 bits per heavy atom. The summed E-state index contributed by atoms with van der Waals surface area (Å²) in [7, 11) is 1.46. The largest absolute Gasteiger partial charge is 0.495 e. The lowest BCUT2D eigenvalue weighted by molar-refractivity contribution is -0.384. The fourth-order valence-electron chi connectivity index (χ4n) is 3.22. The number of ether oxygens (including phenoxy) is 1. The van der Waals surface area contributed by atoms with Gasteiger partial charge in [0.25, 0.3) is 17.5 Å². The van der Waals surface area contributed by atoms with E-state index < -0.39 is 16.7 Å². The van der Waals surface area contributed by atoms with Crippen molar-refractivity contribution >= 4 is 58.2 Å². The summed E-state index contributed by atoms with van der Waals surface area (Å²) in [5, 5.41) is 13.5. The van der Waals surface area contributed by atoms with Crippen LogP contribution in [0.25, 0.3) is 17.4 Å². The second-order valence-electron chi connectivity index (χ2n) is 6.76. The number of para-hydroxylation sites is 2. The number of benzene rings is 2. The van der Waals surface area contributed by atoms with E-state index in [0.29, 0.717) is 22.8 Å². The molecule has 0 bridgehead atoms. The van der Waals surface area contributed by atoms with Gasteiger partial charge in [-0.25, -0.2) is 4.90 Å². The highest BCUT2D eigenvalue weighted by Crippen LogP contribution is 2.33. The number of furan rings is 1. The van der Waals surface area contributed by atoms with E-state index in [4.69, 9.17) is 33.0 Å². The summed E-state index contributed by atoms with van der Waals surface area (Å²) < 4.78 is 11.0. The first-order chi connectivity index (χ1) is 15.8. The first-order valence-corrected chi connectivity index (χ1v) is 10.2. The number of nitro benzene ring substituents is 1. The number of methoxy groups -OCH3 is 1. The molecule has 1 N–H and O–H groups in total. The van der Waals surface area contributed by atoms with Crippen LogP contribution in [0, 0.1) is 10.1 Å². The standard InChI is InChI=1S/C22H14ClN3O6S/c1-31-19-5-3-2-4-16(19)25-21(28)14(20(27)24-22(25)33)11-13-7-9-18(32-13)12-6-8-15(23)17(10-12)26(29)30/h2-11H,1H3,(H,24,27,33)/b14-11-. The lowest BCUT2D eigenvalue weighted by Crippen LogP contribution is -2.54. The first-order valence-electron chi connectivity index (χ1n) is 9.38. The number of anilines is 1. The zero-order valence-corrected chi connectivity index (χ0v) is 18.5. The van der Waals surface area contributed by atoms with E-state index in [0.717, 1.165) is 4.90 Å². The molecule has 0 spiro atoms. The van der Waals surface area contributed by atoms with Crippen molar-refractivity contribution < 1.29 is 23.7 Å². The molecule has 3 aromatic rings. The number of halogens is 1. The third-order valence-electron chi connectivity index (χ3n) is 4.77. The number of hydrogen-bond donors (Lipinski definition) is 1. The molecule has 0 atom stereocenters. The number of carbonyl (C=O) groups is 2. The third kappa shape index (κ3) is 4.21. The van der Waals surface area contributed by atoms with Gasteiger partial charge in [0.1, 0.15) is 27.9 Å². The zero-order chi connectivity index (χ0) is 23.7. The van der Waals surface area contributed by atoms with E-state index >= 15 is 0 Å². The average Bonchev–Trinajstić information content (AvgIpc) is 3.25. The number of nitrogens with one attached hydrogen (secondary N) is 1.